The van der Waals surface area contributed by atoms with Crippen molar-refractivity contribution in [3.8, 4) is 17.2 Å². The van der Waals surface area contributed by atoms with E-state index in [0.717, 1.165) is 4.47 Å². The second-order valence-electron chi connectivity index (χ2n) is 4.66. The number of phenolic OH excluding ortho intramolecular Hbond substituents is 1. The maximum atomic E-state index is 11.7. The van der Waals surface area contributed by atoms with Crippen LogP contribution in [0, 0.1) is 0 Å². The molecule has 7 heteroatoms. The van der Waals surface area contributed by atoms with Crippen molar-refractivity contribution in [2.75, 3.05) is 0 Å². The van der Waals surface area contributed by atoms with Crippen molar-refractivity contribution in [1.29, 1.82) is 0 Å². The Balaban J connectivity index is 1.99. The molecule has 2 aromatic heterocycles. The zero-order valence-corrected chi connectivity index (χ0v) is 14.8. The molecule has 0 atom stereocenters. The molecule has 0 fully saturated rings. The Bertz CT molecular complexity index is 931. The van der Waals surface area contributed by atoms with Crippen molar-refractivity contribution in [2.45, 2.75) is 0 Å². The van der Waals surface area contributed by atoms with Gasteiger partial charge in [-0.1, -0.05) is 15.9 Å². The van der Waals surface area contributed by atoms with Gasteiger partial charge in [0.15, 0.2) is 5.76 Å². The van der Waals surface area contributed by atoms with Crippen LogP contribution in [0.3, 0.4) is 0 Å². The van der Waals surface area contributed by atoms with E-state index >= 15 is 0 Å². The summed E-state index contributed by atoms with van der Waals surface area (Å²) in [6, 6.07) is 8.66. The van der Waals surface area contributed by atoms with Gasteiger partial charge in [0.2, 0.25) is 0 Å². The Morgan fingerprint density at radius 3 is 2.78 bits per heavy atom. The van der Waals surface area contributed by atoms with E-state index in [1.54, 1.807) is 42.5 Å². The van der Waals surface area contributed by atoms with Gasteiger partial charge in [0.1, 0.15) is 11.4 Å². The molecule has 0 bridgehead atoms. The molecular formula is C16H10Br2N2O3. The van der Waals surface area contributed by atoms with Crippen molar-refractivity contribution >= 4 is 44.0 Å². The molecule has 3 aromatic rings. The van der Waals surface area contributed by atoms with Gasteiger partial charge in [0.25, 0.3) is 0 Å². The second-order valence-corrected chi connectivity index (χ2v) is 6.43. The SMILES string of the molecule is O=c1nc(-c2ccco2)cc(/C=C/c2cc(Br)cc(Br)c2O)[nH]1. The van der Waals surface area contributed by atoms with Crippen LogP contribution in [-0.2, 0) is 0 Å². The number of furan rings is 1. The highest BCUT2D eigenvalue weighted by Crippen LogP contribution is 2.32. The summed E-state index contributed by atoms with van der Waals surface area (Å²) in [5, 5.41) is 10.0. The summed E-state index contributed by atoms with van der Waals surface area (Å²) in [6.07, 6.45) is 4.90. The first kappa shape index (κ1) is 15.8. The minimum Gasteiger partial charge on any atom is -0.506 e. The fourth-order valence-electron chi connectivity index (χ4n) is 2.01. The quantitative estimate of drug-likeness (QED) is 0.635. The molecule has 0 unspecified atom stereocenters. The minimum atomic E-state index is -0.474. The molecule has 23 heavy (non-hydrogen) atoms. The fourth-order valence-corrected chi connectivity index (χ4v) is 3.27. The topological polar surface area (TPSA) is 79.1 Å². The van der Waals surface area contributed by atoms with Crippen molar-refractivity contribution in [1.82, 2.24) is 9.97 Å². The highest BCUT2D eigenvalue weighted by molar-refractivity contribution is 9.11. The molecule has 1 aromatic carbocycles. The molecule has 3 rings (SSSR count). The molecule has 0 spiro atoms. The predicted molar refractivity (Wildman–Crippen MR) is 95.0 cm³/mol. The largest absolute Gasteiger partial charge is 0.506 e. The van der Waals surface area contributed by atoms with Gasteiger partial charge in [-0.25, -0.2) is 4.79 Å². The highest BCUT2D eigenvalue weighted by atomic mass is 79.9. The number of benzene rings is 1. The van der Waals surface area contributed by atoms with E-state index in [9.17, 15) is 9.90 Å². The average molecular weight is 438 g/mol. The average Bonchev–Trinajstić information content (AvgIpc) is 3.03. The van der Waals surface area contributed by atoms with E-state index < -0.39 is 5.69 Å². The van der Waals surface area contributed by atoms with Crippen LogP contribution < -0.4 is 5.69 Å². The van der Waals surface area contributed by atoms with Crippen LogP contribution in [0.2, 0.25) is 0 Å². The Hall–Kier alpha value is -2.12. The molecule has 2 N–H and O–H groups in total. The van der Waals surface area contributed by atoms with E-state index in [-0.39, 0.29) is 5.75 Å². The molecule has 0 aliphatic heterocycles. The fraction of sp³-hybridized carbons (Fsp3) is 0. The van der Waals surface area contributed by atoms with Gasteiger partial charge in [-0.05, 0) is 58.4 Å². The van der Waals surface area contributed by atoms with Crippen LogP contribution in [0.25, 0.3) is 23.6 Å². The molecule has 2 heterocycles. The van der Waals surface area contributed by atoms with E-state index in [1.165, 1.54) is 6.26 Å². The van der Waals surface area contributed by atoms with Crippen molar-refractivity contribution < 1.29 is 9.52 Å². The van der Waals surface area contributed by atoms with Crippen LogP contribution in [0.15, 0.2) is 54.8 Å². The lowest BCUT2D eigenvalue weighted by molar-refractivity contribution is 0.470. The molecule has 0 radical (unpaired) electrons. The van der Waals surface area contributed by atoms with E-state index in [1.807, 2.05) is 0 Å². The first-order valence-electron chi connectivity index (χ1n) is 6.54. The smallest absolute Gasteiger partial charge is 0.346 e. The summed E-state index contributed by atoms with van der Waals surface area (Å²) in [5.74, 6) is 0.630. The summed E-state index contributed by atoms with van der Waals surface area (Å²) in [5.41, 5.74) is 1.12. The Morgan fingerprint density at radius 2 is 2.04 bits per heavy atom. The number of H-pyrrole nitrogens is 1. The van der Waals surface area contributed by atoms with Gasteiger partial charge in [-0.2, -0.15) is 4.98 Å². The number of nitrogens with zero attached hydrogens (tertiary/aromatic N) is 1. The number of nitrogens with one attached hydrogen (secondary N) is 1. The molecule has 0 aliphatic rings. The van der Waals surface area contributed by atoms with Crippen LogP contribution in [0.4, 0.5) is 0 Å². The molecule has 116 valence electrons. The standard InChI is InChI=1S/C16H10Br2N2O3/c17-10-6-9(15(21)12(18)7-10)3-4-11-8-13(20-16(22)19-11)14-2-1-5-23-14/h1-8,21H,(H,19,20,22)/b4-3+. The second kappa shape index (κ2) is 6.55. The van der Waals surface area contributed by atoms with Crippen molar-refractivity contribution in [3.63, 3.8) is 0 Å². The lowest BCUT2D eigenvalue weighted by Gasteiger charge is -2.03. The maximum absolute atomic E-state index is 11.7. The van der Waals surface area contributed by atoms with Gasteiger partial charge in [0, 0.05) is 15.7 Å². The van der Waals surface area contributed by atoms with E-state index in [4.69, 9.17) is 4.42 Å². The first-order chi connectivity index (χ1) is 11.0. The normalized spacial score (nSPS) is 11.2. The number of aromatic hydroxyl groups is 1. The first-order valence-corrected chi connectivity index (χ1v) is 8.13. The van der Waals surface area contributed by atoms with E-state index in [2.05, 4.69) is 41.8 Å². The number of hydrogen-bond acceptors (Lipinski definition) is 4. The third kappa shape index (κ3) is 3.62. The summed E-state index contributed by atoms with van der Waals surface area (Å²) in [7, 11) is 0. The lowest BCUT2D eigenvalue weighted by atomic mass is 10.1. The van der Waals surface area contributed by atoms with Crippen molar-refractivity contribution in [2.24, 2.45) is 0 Å². The zero-order chi connectivity index (χ0) is 16.4. The highest BCUT2D eigenvalue weighted by Gasteiger charge is 2.07. The summed E-state index contributed by atoms with van der Waals surface area (Å²) in [4.78, 5) is 18.2. The molecular weight excluding hydrogens is 428 g/mol. The monoisotopic (exact) mass is 436 g/mol. The lowest BCUT2D eigenvalue weighted by Crippen LogP contribution is -2.11. The van der Waals surface area contributed by atoms with E-state index in [0.29, 0.717) is 27.2 Å². The van der Waals surface area contributed by atoms with Gasteiger partial charge in [-0.15, -0.1) is 0 Å². The summed E-state index contributed by atoms with van der Waals surface area (Å²) < 4.78 is 6.65. The zero-order valence-electron chi connectivity index (χ0n) is 11.6. The maximum Gasteiger partial charge on any atom is 0.346 e. The molecule has 5 nitrogen and oxygen atoms in total. The van der Waals surface area contributed by atoms with Crippen LogP contribution in [0.1, 0.15) is 11.3 Å². The molecule has 0 aliphatic carbocycles. The van der Waals surface area contributed by atoms with Gasteiger partial charge in [0.05, 0.1) is 10.7 Å². The number of phenols is 1. The number of hydrogen-bond donors (Lipinski definition) is 2. The van der Waals surface area contributed by atoms with Gasteiger partial charge < -0.3 is 14.5 Å². The predicted octanol–water partition coefficient (Wildman–Crippen LogP) is 4.43. The van der Waals surface area contributed by atoms with Gasteiger partial charge >= 0.3 is 5.69 Å². The third-order valence-corrected chi connectivity index (χ3v) is 4.10. The van der Waals surface area contributed by atoms with Crippen molar-refractivity contribution in [3.05, 3.63) is 67.3 Å². The summed E-state index contributed by atoms with van der Waals surface area (Å²) in [6.45, 7) is 0. The Kier molecular flexibility index (Phi) is 4.49. The number of aromatic nitrogens is 2. The van der Waals surface area contributed by atoms with Crippen LogP contribution in [0.5, 0.6) is 5.75 Å². The molecule has 0 amide bonds. The van der Waals surface area contributed by atoms with Gasteiger partial charge in [-0.3, -0.25) is 0 Å². The Labute approximate surface area is 148 Å². The Morgan fingerprint density at radius 1 is 1.22 bits per heavy atom. The number of rotatable bonds is 3. The van der Waals surface area contributed by atoms with Crippen LogP contribution >= 0.6 is 31.9 Å². The molecule has 0 saturated heterocycles. The minimum absolute atomic E-state index is 0.118. The third-order valence-electron chi connectivity index (χ3n) is 3.04. The number of aromatic amines is 1. The van der Waals surface area contributed by atoms with Crippen LogP contribution in [-0.4, -0.2) is 15.1 Å². The summed E-state index contributed by atoms with van der Waals surface area (Å²) >= 11 is 6.65. The number of halogens is 2. The molecule has 0 saturated carbocycles.